The molecule has 1 saturated heterocycles. The van der Waals surface area contributed by atoms with E-state index in [1.165, 1.54) is 32.6 Å². The third kappa shape index (κ3) is 3.11. The summed E-state index contributed by atoms with van der Waals surface area (Å²) < 4.78 is 0. The van der Waals surface area contributed by atoms with Crippen LogP contribution in [0, 0.1) is 5.92 Å². The van der Waals surface area contributed by atoms with Crippen molar-refractivity contribution in [3.05, 3.63) is 0 Å². The second kappa shape index (κ2) is 4.83. The molecular weight excluding hydrogens is 148 g/mol. The van der Waals surface area contributed by atoms with Gasteiger partial charge in [-0.15, -0.1) is 0 Å². The lowest BCUT2D eigenvalue weighted by Crippen LogP contribution is -2.50. The predicted molar refractivity (Wildman–Crippen MR) is 53.4 cm³/mol. The van der Waals surface area contributed by atoms with E-state index in [4.69, 9.17) is 0 Å². The van der Waals surface area contributed by atoms with Crippen LogP contribution >= 0.6 is 0 Å². The molecule has 0 aromatic carbocycles. The molecule has 0 aromatic heterocycles. The van der Waals surface area contributed by atoms with Gasteiger partial charge in [0.1, 0.15) is 0 Å². The highest BCUT2D eigenvalue weighted by Gasteiger charge is 2.18. The quantitative estimate of drug-likeness (QED) is 0.687. The average Bonchev–Trinajstić information content (AvgIpc) is 2.03. The number of hydrogen-bond acceptors (Lipinski definition) is 2. The standard InChI is InChI=1S/C10H22N2/c1-4-12-6-5-11-10(8-12)7-9(2)3/h9-11H,4-8H2,1-3H3/t10-/m0/s1. The highest BCUT2D eigenvalue weighted by atomic mass is 15.2. The monoisotopic (exact) mass is 170 g/mol. The predicted octanol–water partition coefficient (Wildman–Crippen LogP) is 1.33. The average molecular weight is 170 g/mol. The van der Waals surface area contributed by atoms with Crippen LogP contribution in [0.3, 0.4) is 0 Å². The van der Waals surface area contributed by atoms with Gasteiger partial charge in [-0.2, -0.15) is 0 Å². The number of rotatable bonds is 3. The zero-order valence-corrected chi connectivity index (χ0v) is 8.64. The van der Waals surface area contributed by atoms with Crippen molar-refractivity contribution in [1.82, 2.24) is 10.2 Å². The summed E-state index contributed by atoms with van der Waals surface area (Å²) in [6.45, 7) is 11.7. The highest BCUT2D eigenvalue weighted by molar-refractivity contribution is 4.78. The molecule has 0 aliphatic carbocycles. The van der Waals surface area contributed by atoms with Crippen molar-refractivity contribution < 1.29 is 0 Å². The molecule has 12 heavy (non-hydrogen) atoms. The summed E-state index contributed by atoms with van der Waals surface area (Å²) in [6, 6.07) is 0.735. The highest BCUT2D eigenvalue weighted by Crippen LogP contribution is 2.08. The van der Waals surface area contributed by atoms with Gasteiger partial charge in [0.15, 0.2) is 0 Å². The van der Waals surface area contributed by atoms with Gasteiger partial charge in [-0.1, -0.05) is 20.8 Å². The third-order valence-electron chi connectivity index (χ3n) is 2.54. The Hall–Kier alpha value is -0.0800. The molecule has 0 radical (unpaired) electrons. The normalized spacial score (nSPS) is 26.5. The van der Waals surface area contributed by atoms with Crippen LogP contribution in [-0.4, -0.2) is 37.1 Å². The van der Waals surface area contributed by atoms with E-state index in [1.807, 2.05) is 0 Å². The van der Waals surface area contributed by atoms with E-state index in [1.54, 1.807) is 0 Å². The Balaban J connectivity index is 2.25. The summed E-state index contributed by atoms with van der Waals surface area (Å²) in [5.74, 6) is 0.819. The molecule has 0 amide bonds. The molecule has 1 aliphatic rings. The summed E-state index contributed by atoms with van der Waals surface area (Å²) in [5, 5.41) is 3.57. The van der Waals surface area contributed by atoms with Crippen LogP contribution in [0.4, 0.5) is 0 Å². The lowest BCUT2D eigenvalue weighted by atomic mass is 10.0. The van der Waals surface area contributed by atoms with Crippen LogP contribution in [0.2, 0.25) is 0 Å². The molecular formula is C10H22N2. The van der Waals surface area contributed by atoms with Gasteiger partial charge >= 0.3 is 0 Å². The molecule has 1 rings (SSSR count). The van der Waals surface area contributed by atoms with Crippen molar-refractivity contribution in [2.45, 2.75) is 33.2 Å². The maximum atomic E-state index is 3.57. The number of likely N-dealkylation sites (N-methyl/N-ethyl adjacent to an activating group) is 1. The number of hydrogen-bond donors (Lipinski definition) is 1. The molecule has 72 valence electrons. The van der Waals surface area contributed by atoms with Crippen molar-refractivity contribution in [1.29, 1.82) is 0 Å². The molecule has 1 heterocycles. The van der Waals surface area contributed by atoms with Crippen molar-refractivity contribution in [3.8, 4) is 0 Å². The Kier molecular flexibility index (Phi) is 4.02. The number of nitrogens with one attached hydrogen (secondary N) is 1. The summed E-state index contributed by atoms with van der Waals surface area (Å²) in [6.07, 6.45) is 1.32. The van der Waals surface area contributed by atoms with Crippen LogP contribution in [0.15, 0.2) is 0 Å². The van der Waals surface area contributed by atoms with Crippen LogP contribution in [0.25, 0.3) is 0 Å². The van der Waals surface area contributed by atoms with Gasteiger partial charge in [0, 0.05) is 25.7 Å². The largest absolute Gasteiger partial charge is 0.311 e. The smallest absolute Gasteiger partial charge is 0.0197 e. The van der Waals surface area contributed by atoms with Crippen LogP contribution in [0.1, 0.15) is 27.2 Å². The molecule has 0 saturated carbocycles. The molecule has 2 nitrogen and oxygen atoms in total. The first-order valence-electron chi connectivity index (χ1n) is 5.18. The van der Waals surface area contributed by atoms with Gasteiger partial charge in [-0.05, 0) is 18.9 Å². The zero-order valence-electron chi connectivity index (χ0n) is 8.64. The maximum absolute atomic E-state index is 3.57. The second-order valence-corrected chi connectivity index (χ2v) is 4.17. The van der Waals surface area contributed by atoms with Gasteiger partial charge in [0.25, 0.3) is 0 Å². The summed E-state index contributed by atoms with van der Waals surface area (Å²) in [5.41, 5.74) is 0. The van der Waals surface area contributed by atoms with E-state index < -0.39 is 0 Å². The van der Waals surface area contributed by atoms with E-state index in [-0.39, 0.29) is 0 Å². The van der Waals surface area contributed by atoms with E-state index in [2.05, 4.69) is 31.0 Å². The maximum Gasteiger partial charge on any atom is 0.0197 e. The molecule has 1 N–H and O–H groups in total. The molecule has 1 aliphatic heterocycles. The van der Waals surface area contributed by atoms with E-state index in [0.29, 0.717) is 0 Å². The molecule has 2 heteroatoms. The molecule has 0 aromatic rings. The Morgan fingerprint density at radius 1 is 1.50 bits per heavy atom. The summed E-state index contributed by atoms with van der Waals surface area (Å²) in [7, 11) is 0. The molecule has 1 fully saturated rings. The first-order valence-corrected chi connectivity index (χ1v) is 5.18. The molecule has 0 unspecified atom stereocenters. The Morgan fingerprint density at radius 3 is 2.83 bits per heavy atom. The van der Waals surface area contributed by atoms with Crippen molar-refractivity contribution in [3.63, 3.8) is 0 Å². The first kappa shape index (κ1) is 10.0. The Labute approximate surface area is 76.3 Å². The van der Waals surface area contributed by atoms with Crippen LogP contribution in [0.5, 0.6) is 0 Å². The van der Waals surface area contributed by atoms with Crippen molar-refractivity contribution in [2.24, 2.45) is 5.92 Å². The topological polar surface area (TPSA) is 15.3 Å². The number of nitrogens with zero attached hydrogens (tertiary/aromatic N) is 1. The fourth-order valence-electron chi connectivity index (χ4n) is 1.91. The molecule has 0 bridgehead atoms. The van der Waals surface area contributed by atoms with Crippen molar-refractivity contribution >= 4 is 0 Å². The SMILES string of the molecule is CCN1CCN[C@@H](CC(C)C)C1. The zero-order chi connectivity index (χ0) is 8.97. The number of piperazine rings is 1. The molecule has 1 atom stereocenters. The summed E-state index contributed by atoms with van der Waals surface area (Å²) >= 11 is 0. The van der Waals surface area contributed by atoms with Gasteiger partial charge in [0.2, 0.25) is 0 Å². The molecule has 0 spiro atoms. The lowest BCUT2D eigenvalue weighted by molar-refractivity contribution is 0.194. The van der Waals surface area contributed by atoms with Crippen molar-refractivity contribution in [2.75, 3.05) is 26.2 Å². The van der Waals surface area contributed by atoms with Gasteiger partial charge in [0.05, 0.1) is 0 Å². The van der Waals surface area contributed by atoms with E-state index in [0.717, 1.165) is 12.0 Å². The van der Waals surface area contributed by atoms with Crippen LogP contribution < -0.4 is 5.32 Å². The fraction of sp³-hybridized carbons (Fsp3) is 1.00. The van der Waals surface area contributed by atoms with E-state index in [9.17, 15) is 0 Å². The van der Waals surface area contributed by atoms with E-state index >= 15 is 0 Å². The minimum Gasteiger partial charge on any atom is -0.311 e. The van der Waals surface area contributed by atoms with Gasteiger partial charge in [-0.25, -0.2) is 0 Å². The van der Waals surface area contributed by atoms with Gasteiger partial charge < -0.3 is 10.2 Å². The minimum atomic E-state index is 0.735. The Bertz CT molecular complexity index is 123. The van der Waals surface area contributed by atoms with Gasteiger partial charge in [-0.3, -0.25) is 0 Å². The Morgan fingerprint density at radius 2 is 2.25 bits per heavy atom. The second-order valence-electron chi connectivity index (χ2n) is 4.17. The lowest BCUT2D eigenvalue weighted by Gasteiger charge is -2.33. The minimum absolute atomic E-state index is 0.735. The first-order chi connectivity index (χ1) is 5.72. The fourth-order valence-corrected chi connectivity index (χ4v) is 1.91. The van der Waals surface area contributed by atoms with Crippen LogP contribution in [-0.2, 0) is 0 Å². The summed E-state index contributed by atoms with van der Waals surface area (Å²) in [4.78, 5) is 2.53. The third-order valence-corrected chi connectivity index (χ3v) is 2.54.